The van der Waals surface area contributed by atoms with Crippen LogP contribution >= 0.6 is 43.5 Å². The highest BCUT2D eigenvalue weighted by Crippen LogP contribution is 2.38. The average Bonchev–Trinajstić information content (AvgIpc) is 2.85. The number of carbonyl (C=O) groups excluding carboxylic acids is 2. The zero-order chi connectivity index (χ0) is 18.0. The molecule has 24 heavy (non-hydrogen) atoms. The number of rotatable bonds is 5. The van der Waals surface area contributed by atoms with Crippen LogP contribution in [0.3, 0.4) is 0 Å². The molecule has 0 aromatic heterocycles. The number of carbonyl (C=O) groups is 2. The Morgan fingerprint density at radius 3 is 2.71 bits per heavy atom. The van der Waals surface area contributed by atoms with Crippen LogP contribution in [0.2, 0.25) is 5.02 Å². The van der Waals surface area contributed by atoms with Gasteiger partial charge in [-0.2, -0.15) is 0 Å². The Hall–Kier alpha value is -1.09. The van der Waals surface area contributed by atoms with Crippen molar-refractivity contribution >= 4 is 61.0 Å². The van der Waals surface area contributed by atoms with Gasteiger partial charge in [-0.25, -0.2) is 4.79 Å². The van der Waals surface area contributed by atoms with Gasteiger partial charge in [-0.1, -0.05) is 11.6 Å². The smallest absolute Gasteiger partial charge is 0.337 e. The first-order chi connectivity index (χ1) is 11.3. The van der Waals surface area contributed by atoms with E-state index in [1.165, 1.54) is 12.0 Å². The minimum Gasteiger partial charge on any atom is -0.466 e. The van der Waals surface area contributed by atoms with E-state index in [4.69, 9.17) is 21.4 Å². The number of amides is 1. The van der Waals surface area contributed by atoms with Crippen molar-refractivity contribution in [2.75, 3.05) is 32.1 Å². The summed E-state index contributed by atoms with van der Waals surface area (Å²) in [7, 11) is 1.25. The van der Waals surface area contributed by atoms with Crippen molar-refractivity contribution < 1.29 is 19.4 Å². The first kappa shape index (κ1) is 19.2. The van der Waals surface area contributed by atoms with Gasteiger partial charge >= 0.3 is 5.97 Å². The summed E-state index contributed by atoms with van der Waals surface area (Å²) in [5, 5.41) is 12.6. The van der Waals surface area contributed by atoms with E-state index in [1.54, 1.807) is 13.0 Å². The maximum Gasteiger partial charge on any atom is 0.337 e. The molecule has 1 aliphatic rings. The number of nitrogens with one attached hydrogen (secondary N) is 1. The number of hydrogen-bond donors (Lipinski definition) is 2. The number of methoxy groups -OCH3 is 1. The van der Waals surface area contributed by atoms with Crippen LogP contribution in [0.1, 0.15) is 5.56 Å². The highest BCUT2D eigenvalue weighted by molar-refractivity contribution is 9.11. The Bertz CT molecular complexity index is 737. The molecular weight excluding hydrogens is 467 g/mol. The van der Waals surface area contributed by atoms with Crippen molar-refractivity contribution in [2.45, 2.75) is 6.92 Å². The quantitative estimate of drug-likeness (QED) is 0.499. The van der Waals surface area contributed by atoms with E-state index in [0.717, 1.165) is 0 Å². The van der Waals surface area contributed by atoms with Crippen LogP contribution in [-0.2, 0) is 14.3 Å². The number of β-amino-alcohol motifs (C(OH)–C–C–N with tert-alkyl or cyclic N) is 1. The standard InChI is InChI=1S/C15H15Br2ClN2O4/c1-7-11(18)9(16)5-10(17)12(7)19-13-8(15(23)24-2)6-20(3-4-21)14(13)22/h5,19,21H,3-4,6H2,1-2H3. The van der Waals surface area contributed by atoms with Crippen LogP contribution in [0.5, 0.6) is 0 Å². The Kier molecular flexibility index (Phi) is 6.30. The molecule has 2 N–H and O–H groups in total. The average molecular weight is 483 g/mol. The van der Waals surface area contributed by atoms with Gasteiger partial charge in [0.05, 0.1) is 36.5 Å². The number of esters is 1. The van der Waals surface area contributed by atoms with E-state index < -0.39 is 5.97 Å². The third-order valence-corrected chi connectivity index (χ3v) is 5.58. The predicted octanol–water partition coefficient (Wildman–Crippen LogP) is 2.85. The molecule has 0 spiro atoms. The van der Waals surface area contributed by atoms with Gasteiger partial charge in [0.1, 0.15) is 5.70 Å². The van der Waals surface area contributed by atoms with Crippen LogP contribution in [0.4, 0.5) is 5.69 Å². The molecule has 0 saturated heterocycles. The SMILES string of the molecule is COC(=O)C1=C(Nc2c(Br)cc(Br)c(Cl)c2C)C(=O)N(CCO)C1. The normalized spacial score (nSPS) is 14.4. The predicted molar refractivity (Wildman–Crippen MR) is 97.9 cm³/mol. The second-order valence-electron chi connectivity index (χ2n) is 5.07. The van der Waals surface area contributed by atoms with Crippen LogP contribution < -0.4 is 5.32 Å². The molecule has 130 valence electrons. The molecule has 2 rings (SSSR count). The summed E-state index contributed by atoms with van der Waals surface area (Å²) in [6.45, 7) is 1.81. The topological polar surface area (TPSA) is 78.9 Å². The van der Waals surface area contributed by atoms with Gasteiger partial charge in [0.15, 0.2) is 0 Å². The summed E-state index contributed by atoms with van der Waals surface area (Å²) in [6, 6.07) is 1.75. The lowest BCUT2D eigenvalue weighted by Crippen LogP contribution is -2.31. The van der Waals surface area contributed by atoms with Gasteiger partial charge in [0.25, 0.3) is 5.91 Å². The maximum atomic E-state index is 12.5. The van der Waals surface area contributed by atoms with E-state index in [0.29, 0.717) is 25.2 Å². The van der Waals surface area contributed by atoms with E-state index in [-0.39, 0.29) is 36.9 Å². The minimum absolute atomic E-state index is 0.0787. The molecule has 0 saturated carbocycles. The molecule has 0 fully saturated rings. The summed E-state index contributed by atoms with van der Waals surface area (Å²) in [4.78, 5) is 25.9. The van der Waals surface area contributed by atoms with Crippen molar-refractivity contribution in [3.63, 3.8) is 0 Å². The number of aliphatic hydroxyl groups excluding tert-OH is 1. The van der Waals surface area contributed by atoms with Crippen molar-refractivity contribution in [3.05, 3.63) is 36.9 Å². The van der Waals surface area contributed by atoms with Crippen molar-refractivity contribution in [3.8, 4) is 0 Å². The lowest BCUT2D eigenvalue weighted by Gasteiger charge is -2.17. The molecule has 6 nitrogen and oxygen atoms in total. The number of hydrogen-bond acceptors (Lipinski definition) is 5. The van der Waals surface area contributed by atoms with E-state index in [2.05, 4.69) is 37.2 Å². The molecule has 1 aliphatic heterocycles. The molecule has 0 aliphatic carbocycles. The van der Waals surface area contributed by atoms with E-state index in [1.807, 2.05) is 0 Å². The molecule has 0 radical (unpaired) electrons. The molecule has 1 heterocycles. The van der Waals surface area contributed by atoms with Crippen LogP contribution in [-0.4, -0.2) is 48.7 Å². The number of halogens is 3. The van der Waals surface area contributed by atoms with Crippen molar-refractivity contribution in [1.29, 1.82) is 0 Å². The third-order valence-electron chi connectivity index (χ3n) is 3.61. The number of benzene rings is 1. The zero-order valence-corrected chi connectivity index (χ0v) is 16.9. The minimum atomic E-state index is -0.594. The molecular formula is C15H15Br2ClN2O4. The fourth-order valence-electron chi connectivity index (χ4n) is 2.34. The highest BCUT2D eigenvalue weighted by Gasteiger charge is 2.35. The second-order valence-corrected chi connectivity index (χ2v) is 7.16. The van der Waals surface area contributed by atoms with Gasteiger partial charge in [-0.05, 0) is 50.4 Å². The van der Waals surface area contributed by atoms with E-state index >= 15 is 0 Å². The summed E-state index contributed by atoms with van der Waals surface area (Å²) >= 11 is 13.0. The number of aliphatic hydroxyl groups is 1. The molecule has 1 amide bonds. The molecule has 0 atom stereocenters. The van der Waals surface area contributed by atoms with Crippen molar-refractivity contribution in [2.24, 2.45) is 0 Å². The van der Waals surface area contributed by atoms with Crippen LogP contribution in [0.15, 0.2) is 26.3 Å². The van der Waals surface area contributed by atoms with Gasteiger partial charge in [-0.15, -0.1) is 0 Å². The van der Waals surface area contributed by atoms with Gasteiger partial charge < -0.3 is 20.1 Å². The second kappa shape index (κ2) is 7.86. The van der Waals surface area contributed by atoms with Crippen LogP contribution in [0, 0.1) is 6.92 Å². The Morgan fingerprint density at radius 2 is 2.12 bits per heavy atom. The lowest BCUT2D eigenvalue weighted by molar-refractivity contribution is -0.136. The lowest BCUT2D eigenvalue weighted by atomic mass is 10.1. The Morgan fingerprint density at radius 1 is 1.46 bits per heavy atom. The van der Waals surface area contributed by atoms with Gasteiger partial charge in [0.2, 0.25) is 0 Å². The fourth-order valence-corrected chi connectivity index (χ4v) is 3.95. The van der Waals surface area contributed by atoms with Crippen molar-refractivity contribution in [1.82, 2.24) is 4.90 Å². The summed E-state index contributed by atoms with van der Waals surface area (Å²) in [5.74, 6) is -0.974. The number of anilines is 1. The number of ether oxygens (including phenoxy) is 1. The molecule has 0 unspecified atom stereocenters. The third kappa shape index (κ3) is 3.61. The molecule has 1 aromatic carbocycles. The first-order valence-corrected chi connectivity index (χ1v) is 8.90. The molecule has 1 aromatic rings. The largest absolute Gasteiger partial charge is 0.466 e. The number of nitrogens with zero attached hydrogens (tertiary/aromatic N) is 1. The maximum absolute atomic E-state index is 12.5. The van der Waals surface area contributed by atoms with Crippen LogP contribution in [0.25, 0.3) is 0 Å². The van der Waals surface area contributed by atoms with Gasteiger partial charge in [-0.3, -0.25) is 4.79 Å². The highest BCUT2D eigenvalue weighted by atomic mass is 79.9. The van der Waals surface area contributed by atoms with E-state index in [9.17, 15) is 9.59 Å². The summed E-state index contributed by atoms with van der Waals surface area (Å²) in [5.41, 5.74) is 1.63. The first-order valence-electron chi connectivity index (χ1n) is 6.94. The fraction of sp³-hybridized carbons (Fsp3) is 0.333. The Labute approximate surface area is 161 Å². The summed E-state index contributed by atoms with van der Waals surface area (Å²) < 4.78 is 6.15. The van der Waals surface area contributed by atoms with Gasteiger partial charge in [0, 0.05) is 15.5 Å². The molecule has 9 heteroatoms. The summed E-state index contributed by atoms with van der Waals surface area (Å²) in [6.07, 6.45) is 0. The Balaban J connectivity index is 2.47. The monoisotopic (exact) mass is 480 g/mol. The molecule has 0 bridgehead atoms. The zero-order valence-electron chi connectivity index (χ0n) is 13.0.